The number of hydrogen-bond acceptors (Lipinski definition) is 5. The van der Waals surface area contributed by atoms with Crippen LogP contribution in [-0.4, -0.2) is 36.7 Å². The van der Waals surface area contributed by atoms with Gasteiger partial charge >= 0.3 is 0 Å². The molecule has 1 fully saturated rings. The topological polar surface area (TPSA) is 79.4 Å². The molecule has 28 heavy (non-hydrogen) atoms. The van der Waals surface area contributed by atoms with Crippen molar-refractivity contribution in [3.8, 4) is 0 Å². The molecular formula is C20H21N3O3S2. The van der Waals surface area contributed by atoms with Crippen molar-refractivity contribution < 1.29 is 13.2 Å². The van der Waals surface area contributed by atoms with Crippen molar-refractivity contribution in [3.05, 3.63) is 53.1 Å². The Labute approximate surface area is 168 Å². The van der Waals surface area contributed by atoms with Crippen molar-refractivity contribution in [3.63, 3.8) is 0 Å². The Balaban J connectivity index is 1.60. The monoisotopic (exact) mass is 415 g/mol. The second kappa shape index (κ2) is 7.27. The molecule has 1 aromatic heterocycles. The van der Waals surface area contributed by atoms with Gasteiger partial charge in [-0.15, -0.1) is 0 Å². The molecule has 1 saturated heterocycles. The molecule has 1 aliphatic rings. The van der Waals surface area contributed by atoms with Crippen LogP contribution >= 0.6 is 11.3 Å². The summed E-state index contributed by atoms with van der Waals surface area (Å²) in [7, 11) is -3.56. The average molecular weight is 416 g/mol. The summed E-state index contributed by atoms with van der Waals surface area (Å²) in [5.74, 6) is -0.369. The molecule has 2 aromatic carbocycles. The van der Waals surface area contributed by atoms with Crippen LogP contribution in [0.15, 0.2) is 41.3 Å². The number of aryl methyl sites for hydroxylation is 2. The Hall–Kier alpha value is -2.29. The van der Waals surface area contributed by atoms with Gasteiger partial charge in [0.15, 0.2) is 5.13 Å². The minimum Gasteiger partial charge on any atom is -0.298 e. The molecule has 8 heteroatoms. The number of fused-ring (bicyclic) bond motifs is 1. The Morgan fingerprint density at radius 1 is 1.14 bits per heavy atom. The highest BCUT2D eigenvalue weighted by Gasteiger charge is 2.27. The van der Waals surface area contributed by atoms with Crippen LogP contribution in [0.5, 0.6) is 0 Å². The number of nitrogens with one attached hydrogen (secondary N) is 1. The number of amides is 1. The van der Waals surface area contributed by atoms with Crippen LogP contribution in [0, 0.1) is 13.8 Å². The Morgan fingerprint density at radius 2 is 1.89 bits per heavy atom. The molecule has 0 spiro atoms. The minimum absolute atomic E-state index is 0.151. The summed E-state index contributed by atoms with van der Waals surface area (Å²) in [5.41, 5.74) is 3.38. The summed E-state index contributed by atoms with van der Waals surface area (Å²) >= 11 is 1.41. The Kier molecular flexibility index (Phi) is 4.95. The second-order valence-corrected chi connectivity index (χ2v) is 10.0. The van der Waals surface area contributed by atoms with E-state index in [4.69, 9.17) is 0 Å². The maximum absolute atomic E-state index is 12.7. The van der Waals surface area contributed by atoms with Gasteiger partial charge in [0.25, 0.3) is 5.91 Å². The van der Waals surface area contributed by atoms with Crippen LogP contribution in [0.4, 0.5) is 5.13 Å². The highest BCUT2D eigenvalue weighted by molar-refractivity contribution is 7.89. The third kappa shape index (κ3) is 3.55. The SMILES string of the molecule is Cc1cc(C)c2nc(NC(=O)c3cccc(S(=O)(=O)N4CCCC4)c3)sc2c1. The first-order valence-corrected chi connectivity index (χ1v) is 11.4. The second-order valence-electron chi connectivity index (χ2n) is 7.04. The number of aromatic nitrogens is 1. The average Bonchev–Trinajstić information content (AvgIpc) is 3.32. The van der Waals surface area contributed by atoms with Gasteiger partial charge in [-0.2, -0.15) is 4.31 Å². The van der Waals surface area contributed by atoms with Crippen LogP contribution in [-0.2, 0) is 10.0 Å². The molecule has 146 valence electrons. The maximum atomic E-state index is 12.7. The summed E-state index contributed by atoms with van der Waals surface area (Å²) in [4.78, 5) is 17.4. The standard InChI is InChI=1S/C20H21N3O3S2/c1-13-10-14(2)18-17(11-13)27-20(21-18)22-19(24)15-6-5-7-16(12-15)28(25,26)23-8-3-4-9-23/h5-7,10-12H,3-4,8-9H2,1-2H3,(H,21,22,24). The smallest absolute Gasteiger partial charge is 0.257 e. The summed E-state index contributed by atoms with van der Waals surface area (Å²) in [5, 5.41) is 3.30. The molecule has 0 radical (unpaired) electrons. The van der Waals surface area contributed by atoms with Crippen LogP contribution in [0.3, 0.4) is 0 Å². The number of thiazole rings is 1. The van der Waals surface area contributed by atoms with Crippen molar-refractivity contribution in [1.29, 1.82) is 0 Å². The number of anilines is 1. The molecule has 3 aromatic rings. The zero-order valence-electron chi connectivity index (χ0n) is 15.7. The first-order valence-electron chi connectivity index (χ1n) is 9.14. The van der Waals surface area contributed by atoms with Crippen molar-refractivity contribution in [1.82, 2.24) is 9.29 Å². The van der Waals surface area contributed by atoms with Gasteiger partial charge < -0.3 is 0 Å². The minimum atomic E-state index is -3.56. The lowest BCUT2D eigenvalue weighted by molar-refractivity contribution is 0.102. The highest BCUT2D eigenvalue weighted by Crippen LogP contribution is 2.30. The summed E-state index contributed by atoms with van der Waals surface area (Å²) < 4.78 is 28.0. The van der Waals surface area contributed by atoms with Crippen molar-refractivity contribution in [2.45, 2.75) is 31.6 Å². The fraction of sp³-hybridized carbons (Fsp3) is 0.300. The molecule has 1 amide bonds. The number of carbonyl (C=O) groups is 1. The van der Waals surface area contributed by atoms with E-state index in [1.807, 2.05) is 19.9 Å². The van der Waals surface area contributed by atoms with E-state index in [9.17, 15) is 13.2 Å². The predicted molar refractivity (Wildman–Crippen MR) is 111 cm³/mol. The molecule has 6 nitrogen and oxygen atoms in total. The van der Waals surface area contributed by atoms with E-state index in [1.165, 1.54) is 27.8 Å². The van der Waals surface area contributed by atoms with E-state index in [0.29, 0.717) is 23.8 Å². The third-order valence-electron chi connectivity index (χ3n) is 4.85. The van der Waals surface area contributed by atoms with Crippen molar-refractivity contribution in [2.75, 3.05) is 18.4 Å². The van der Waals surface area contributed by atoms with E-state index >= 15 is 0 Å². The van der Waals surface area contributed by atoms with Gasteiger partial charge in [0, 0.05) is 18.7 Å². The largest absolute Gasteiger partial charge is 0.298 e. The number of benzene rings is 2. The zero-order valence-corrected chi connectivity index (χ0v) is 17.4. The fourth-order valence-electron chi connectivity index (χ4n) is 3.47. The molecule has 0 aliphatic carbocycles. The molecule has 0 unspecified atom stereocenters. The van der Waals surface area contributed by atoms with Gasteiger partial charge in [0.05, 0.1) is 15.1 Å². The van der Waals surface area contributed by atoms with Crippen molar-refractivity contribution >= 4 is 42.6 Å². The number of sulfonamides is 1. The first-order chi connectivity index (χ1) is 13.3. The summed E-state index contributed by atoms with van der Waals surface area (Å²) in [6, 6.07) is 10.3. The lowest BCUT2D eigenvalue weighted by Crippen LogP contribution is -2.28. The number of nitrogens with zero attached hydrogens (tertiary/aromatic N) is 2. The molecule has 0 bridgehead atoms. The van der Waals surface area contributed by atoms with E-state index < -0.39 is 10.0 Å². The van der Waals surface area contributed by atoms with Crippen molar-refractivity contribution in [2.24, 2.45) is 0 Å². The van der Waals surface area contributed by atoms with Gasteiger partial charge in [-0.3, -0.25) is 10.1 Å². The predicted octanol–water partition coefficient (Wildman–Crippen LogP) is 3.95. The van der Waals surface area contributed by atoms with Crippen LogP contribution in [0.2, 0.25) is 0 Å². The molecule has 0 saturated carbocycles. The van der Waals surface area contributed by atoms with E-state index in [2.05, 4.69) is 16.4 Å². The van der Waals surface area contributed by atoms with Gasteiger partial charge in [0.1, 0.15) is 0 Å². The van der Waals surface area contributed by atoms with E-state index in [0.717, 1.165) is 34.2 Å². The maximum Gasteiger partial charge on any atom is 0.257 e. The molecule has 4 rings (SSSR count). The van der Waals surface area contributed by atoms with Crippen LogP contribution in [0.1, 0.15) is 34.3 Å². The quantitative estimate of drug-likeness (QED) is 0.700. The Bertz CT molecular complexity index is 1160. The van der Waals surface area contributed by atoms with Gasteiger partial charge in [-0.1, -0.05) is 23.5 Å². The molecular weight excluding hydrogens is 394 g/mol. The normalized spacial score (nSPS) is 15.2. The molecule has 1 aliphatic heterocycles. The fourth-order valence-corrected chi connectivity index (χ4v) is 6.07. The van der Waals surface area contributed by atoms with E-state index in [1.54, 1.807) is 12.1 Å². The lowest BCUT2D eigenvalue weighted by Gasteiger charge is -2.15. The van der Waals surface area contributed by atoms with Gasteiger partial charge in [-0.05, 0) is 62.1 Å². The van der Waals surface area contributed by atoms with Gasteiger partial charge in [0.2, 0.25) is 10.0 Å². The van der Waals surface area contributed by atoms with Gasteiger partial charge in [-0.25, -0.2) is 13.4 Å². The number of carbonyl (C=O) groups excluding carboxylic acids is 1. The van der Waals surface area contributed by atoms with Crippen LogP contribution in [0.25, 0.3) is 10.2 Å². The summed E-state index contributed by atoms with van der Waals surface area (Å²) in [6.45, 7) is 5.08. The molecule has 2 heterocycles. The third-order valence-corrected chi connectivity index (χ3v) is 7.66. The van der Waals surface area contributed by atoms with E-state index in [-0.39, 0.29) is 10.8 Å². The lowest BCUT2D eigenvalue weighted by atomic mass is 10.1. The Morgan fingerprint density at radius 3 is 2.64 bits per heavy atom. The number of rotatable bonds is 4. The van der Waals surface area contributed by atoms with Crippen LogP contribution < -0.4 is 5.32 Å². The highest BCUT2D eigenvalue weighted by atomic mass is 32.2. The molecule has 0 atom stereocenters. The first kappa shape index (κ1) is 19.0. The molecule has 1 N–H and O–H groups in total. The zero-order chi connectivity index (χ0) is 19.9. The number of hydrogen-bond donors (Lipinski definition) is 1. The summed E-state index contributed by atoms with van der Waals surface area (Å²) in [6.07, 6.45) is 1.74.